The number of rotatable bonds is 6. The Hall–Kier alpha value is -2.40. The summed E-state index contributed by atoms with van der Waals surface area (Å²) in [4.78, 5) is 3.30. The highest BCUT2D eigenvalue weighted by molar-refractivity contribution is 7.89. The molecule has 0 saturated carbocycles. The van der Waals surface area contributed by atoms with E-state index in [-0.39, 0.29) is 30.3 Å². The van der Waals surface area contributed by atoms with Gasteiger partial charge in [0.15, 0.2) is 11.6 Å². The van der Waals surface area contributed by atoms with E-state index in [0.29, 0.717) is 0 Å². The minimum atomic E-state index is -4.64. The summed E-state index contributed by atoms with van der Waals surface area (Å²) in [6, 6.07) is 5.22. The van der Waals surface area contributed by atoms with Crippen molar-refractivity contribution >= 4 is 10.0 Å². The smallest absolute Gasteiger partial charge is 0.421 e. The number of aromatic nitrogens is 1. The van der Waals surface area contributed by atoms with E-state index in [1.54, 1.807) is 6.92 Å². The molecule has 0 spiro atoms. The molecule has 6 nitrogen and oxygen atoms in total. The lowest BCUT2D eigenvalue weighted by molar-refractivity contribution is -0.140. The molecule has 0 bridgehead atoms. The monoisotopic (exact) mass is 420 g/mol. The molecule has 2 aromatic rings. The Morgan fingerprint density at radius 3 is 2.57 bits per heavy atom. The average Bonchev–Trinajstić information content (AvgIpc) is 2.59. The Labute approximate surface area is 158 Å². The summed E-state index contributed by atoms with van der Waals surface area (Å²) in [7, 11) is -4.01. The molecule has 0 amide bonds. The van der Waals surface area contributed by atoms with Gasteiger partial charge in [0.25, 0.3) is 0 Å². The Kier molecular flexibility index (Phi) is 5.48. The lowest BCUT2D eigenvalue weighted by atomic mass is 10.2. The van der Waals surface area contributed by atoms with Crippen molar-refractivity contribution in [2.45, 2.75) is 24.1 Å². The van der Waals surface area contributed by atoms with Crippen LogP contribution in [0, 0.1) is 5.82 Å². The van der Waals surface area contributed by atoms with Gasteiger partial charge in [0, 0.05) is 6.20 Å². The maximum absolute atomic E-state index is 13.9. The van der Waals surface area contributed by atoms with Crippen LogP contribution in [-0.4, -0.2) is 43.5 Å². The first-order valence-electron chi connectivity index (χ1n) is 8.24. The minimum absolute atomic E-state index is 0.0684. The highest BCUT2D eigenvalue weighted by Gasteiger charge is 2.41. The number of benzene rings is 1. The van der Waals surface area contributed by atoms with Gasteiger partial charge in [0.2, 0.25) is 15.9 Å². The van der Waals surface area contributed by atoms with Crippen LogP contribution in [-0.2, 0) is 16.2 Å². The number of ether oxygens (including phenoxy) is 2. The van der Waals surface area contributed by atoms with Gasteiger partial charge in [-0.1, -0.05) is 0 Å². The van der Waals surface area contributed by atoms with Crippen LogP contribution in [0.2, 0.25) is 0 Å². The molecule has 1 saturated heterocycles. The van der Waals surface area contributed by atoms with Gasteiger partial charge in [-0.2, -0.15) is 17.5 Å². The van der Waals surface area contributed by atoms with Crippen LogP contribution >= 0.6 is 0 Å². The number of pyridine rings is 1. The lowest BCUT2D eigenvalue weighted by Gasteiger charge is -2.37. The molecule has 1 aromatic heterocycles. The molecule has 28 heavy (non-hydrogen) atoms. The maximum atomic E-state index is 13.9. The van der Waals surface area contributed by atoms with E-state index >= 15 is 0 Å². The summed E-state index contributed by atoms with van der Waals surface area (Å²) in [5, 5.41) is 0. The van der Waals surface area contributed by atoms with Crippen molar-refractivity contribution < 1.29 is 35.5 Å². The molecule has 0 N–H and O–H groups in total. The number of hydrogen-bond acceptors (Lipinski definition) is 5. The normalized spacial score (nSPS) is 15.9. The van der Waals surface area contributed by atoms with Gasteiger partial charge < -0.3 is 9.47 Å². The minimum Gasteiger partial charge on any atom is -0.491 e. The quantitative estimate of drug-likeness (QED) is 0.672. The van der Waals surface area contributed by atoms with E-state index in [2.05, 4.69) is 4.98 Å². The van der Waals surface area contributed by atoms with E-state index in [4.69, 9.17) is 9.47 Å². The summed E-state index contributed by atoms with van der Waals surface area (Å²) >= 11 is 0. The van der Waals surface area contributed by atoms with E-state index in [9.17, 15) is 26.0 Å². The summed E-state index contributed by atoms with van der Waals surface area (Å²) in [5.41, 5.74) is -1.04. The number of nitrogens with zero attached hydrogens (tertiary/aromatic N) is 2. The molecule has 11 heteroatoms. The second-order valence-electron chi connectivity index (χ2n) is 5.94. The average molecular weight is 420 g/mol. The molecule has 1 fully saturated rings. The molecule has 3 rings (SSSR count). The topological polar surface area (TPSA) is 68.7 Å². The highest BCUT2D eigenvalue weighted by atomic mass is 32.2. The van der Waals surface area contributed by atoms with Gasteiger partial charge >= 0.3 is 6.18 Å². The molecular formula is C17H16F4N2O4S. The zero-order valence-electron chi connectivity index (χ0n) is 14.6. The number of alkyl halides is 3. The third-order valence-electron chi connectivity index (χ3n) is 4.01. The van der Waals surface area contributed by atoms with Crippen molar-refractivity contribution in [3.63, 3.8) is 0 Å². The van der Waals surface area contributed by atoms with Gasteiger partial charge in [-0.05, 0) is 37.3 Å². The highest BCUT2D eigenvalue weighted by Crippen LogP contribution is 2.36. The third kappa shape index (κ3) is 4.04. The van der Waals surface area contributed by atoms with E-state index in [1.165, 1.54) is 12.1 Å². The molecule has 2 heterocycles. The predicted octanol–water partition coefficient (Wildman–Crippen LogP) is 3.09. The molecule has 1 aliphatic heterocycles. The first-order valence-corrected chi connectivity index (χ1v) is 9.68. The van der Waals surface area contributed by atoms with Crippen molar-refractivity contribution in [3.8, 4) is 11.6 Å². The number of hydrogen-bond donors (Lipinski definition) is 0. The SMILES string of the molecule is CCOc1ccc(S(=O)(=O)N2CC(Oc3ncccc3C(F)(F)F)C2)cc1F. The summed E-state index contributed by atoms with van der Waals surface area (Å²) in [6.45, 7) is 1.54. The van der Waals surface area contributed by atoms with Crippen LogP contribution in [0.5, 0.6) is 11.6 Å². The Morgan fingerprint density at radius 2 is 1.96 bits per heavy atom. The van der Waals surface area contributed by atoms with Gasteiger partial charge in [-0.25, -0.2) is 17.8 Å². The summed E-state index contributed by atoms with van der Waals surface area (Å²) in [6.07, 6.45) is -4.28. The number of halogens is 4. The largest absolute Gasteiger partial charge is 0.491 e. The van der Waals surface area contributed by atoms with Crippen LogP contribution in [0.15, 0.2) is 41.4 Å². The first kappa shape index (κ1) is 20.3. The van der Waals surface area contributed by atoms with Gasteiger partial charge in [0.1, 0.15) is 11.7 Å². The Balaban J connectivity index is 1.69. The van der Waals surface area contributed by atoms with Gasteiger partial charge in [0.05, 0.1) is 24.6 Å². The molecule has 0 atom stereocenters. The second-order valence-corrected chi connectivity index (χ2v) is 7.88. The second kappa shape index (κ2) is 7.55. The standard InChI is InChI=1S/C17H16F4N2O4S/c1-2-26-15-6-5-12(8-14(15)18)28(24,25)23-9-11(10-23)27-16-13(17(19,20)21)4-3-7-22-16/h3-8,11H,2,9-10H2,1H3. The lowest BCUT2D eigenvalue weighted by Crippen LogP contribution is -2.56. The van der Waals surface area contributed by atoms with Gasteiger partial charge in [-0.3, -0.25) is 0 Å². The zero-order valence-corrected chi connectivity index (χ0v) is 15.4. The Morgan fingerprint density at radius 1 is 1.25 bits per heavy atom. The zero-order chi connectivity index (χ0) is 20.5. The van der Waals surface area contributed by atoms with Crippen LogP contribution in [0.4, 0.5) is 17.6 Å². The first-order chi connectivity index (χ1) is 13.1. The fraction of sp³-hybridized carbons (Fsp3) is 0.353. The molecule has 0 unspecified atom stereocenters. The summed E-state index contributed by atoms with van der Waals surface area (Å²) < 4.78 is 89.1. The van der Waals surface area contributed by atoms with Crippen molar-refractivity contribution in [2.75, 3.05) is 19.7 Å². The van der Waals surface area contributed by atoms with E-state index in [1.807, 2.05) is 0 Å². The molecule has 152 valence electrons. The van der Waals surface area contributed by atoms with Crippen LogP contribution in [0.3, 0.4) is 0 Å². The van der Waals surface area contributed by atoms with Crippen LogP contribution in [0.1, 0.15) is 12.5 Å². The van der Waals surface area contributed by atoms with Crippen molar-refractivity contribution in [1.29, 1.82) is 0 Å². The van der Waals surface area contributed by atoms with E-state index in [0.717, 1.165) is 28.7 Å². The van der Waals surface area contributed by atoms with Crippen LogP contribution in [0.25, 0.3) is 0 Å². The number of sulfonamides is 1. The van der Waals surface area contributed by atoms with Crippen molar-refractivity contribution in [2.24, 2.45) is 0 Å². The van der Waals surface area contributed by atoms with E-state index < -0.39 is 39.6 Å². The van der Waals surface area contributed by atoms with Crippen molar-refractivity contribution in [3.05, 3.63) is 47.9 Å². The molecule has 0 radical (unpaired) electrons. The van der Waals surface area contributed by atoms with Gasteiger partial charge in [-0.15, -0.1) is 0 Å². The van der Waals surface area contributed by atoms with Crippen molar-refractivity contribution in [1.82, 2.24) is 9.29 Å². The van der Waals surface area contributed by atoms with Crippen LogP contribution < -0.4 is 9.47 Å². The maximum Gasteiger partial charge on any atom is 0.421 e. The molecule has 0 aliphatic carbocycles. The molecule has 1 aliphatic rings. The summed E-state index contributed by atoms with van der Waals surface area (Å²) in [5.74, 6) is -1.50. The Bertz CT molecular complexity index is 960. The molecular weight excluding hydrogens is 404 g/mol. The molecule has 1 aromatic carbocycles. The fourth-order valence-electron chi connectivity index (χ4n) is 2.59. The third-order valence-corrected chi connectivity index (χ3v) is 5.84. The predicted molar refractivity (Wildman–Crippen MR) is 90.0 cm³/mol. The fourth-order valence-corrected chi connectivity index (χ4v) is 4.11.